The van der Waals surface area contributed by atoms with Gasteiger partial charge in [-0.15, -0.1) is 0 Å². The van der Waals surface area contributed by atoms with Crippen molar-refractivity contribution < 1.29 is 4.79 Å². The number of carbonyl (C=O) groups is 1. The van der Waals surface area contributed by atoms with Crippen molar-refractivity contribution in [2.45, 2.75) is 50.5 Å². The predicted octanol–water partition coefficient (Wildman–Crippen LogP) is 7.80. The average molecular weight is 581 g/mol. The number of rotatable bonds is 6. The van der Waals surface area contributed by atoms with Gasteiger partial charge >= 0.3 is 0 Å². The lowest BCUT2D eigenvalue weighted by atomic mass is 9.48. The van der Waals surface area contributed by atoms with Crippen molar-refractivity contribution >= 4 is 46.5 Å². The van der Waals surface area contributed by atoms with Crippen LogP contribution < -0.4 is 5.32 Å². The van der Waals surface area contributed by atoms with Gasteiger partial charge in [-0.3, -0.25) is 9.48 Å². The first kappa shape index (κ1) is 25.2. The third-order valence-corrected chi connectivity index (χ3v) is 9.81. The van der Waals surface area contributed by atoms with Crippen LogP contribution in [0.4, 0.5) is 5.82 Å². The van der Waals surface area contributed by atoms with Gasteiger partial charge in [0.2, 0.25) is 0 Å². The van der Waals surface area contributed by atoms with E-state index < -0.39 is 0 Å². The molecule has 39 heavy (non-hydrogen) atoms. The van der Waals surface area contributed by atoms with Crippen LogP contribution in [-0.2, 0) is 12.0 Å². The molecule has 4 saturated carbocycles. The fourth-order valence-corrected chi connectivity index (χ4v) is 8.13. The number of aromatic nitrogens is 4. The molecule has 4 aliphatic rings. The fraction of sp³-hybridized carbons (Fsp3) is 0.367. The Morgan fingerprint density at radius 1 is 0.872 bits per heavy atom. The second-order valence-electron chi connectivity index (χ2n) is 11.6. The van der Waals surface area contributed by atoms with Crippen LogP contribution in [0.25, 0.3) is 5.69 Å². The van der Waals surface area contributed by atoms with Crippen molar-refractivity contribution in [2.24, 2.45) is 17.8 Å². The van der Waals surface area contributed by atoms with Gasteiger partial charge in [0.15, 0.2) is 5.82 Å². The minimum Gasteiger partial charge on any atom is -0.304 e. The number of amides is 1. The molecular weight excluding hydrogens is 553 g/mol. The van der Waals surface area contributed by atoms with Crippen LogP contribution in [0.3, 0.4) is 0 Å². The second-order valence-corrected chi connectivity index (χ2v) is 12.8. The van der Waals surface area contributed by atoms with Gasteiger partial charge in [-0.05, 0) is 86.1 Å². The Balaban J connectivity index is 1.20. The Morgan fingerprint density at radius 3 is 2.23 bits per heavy atom. The number of nitrogens with one attached hydrogen (secondary N) is 1. The van der Waals surface area contributed by atoms with Gasteiger partial charge in [0.25, 0.3) is 5.91 Å². The summed E-state index contributed by atoms with van der Waals surface area (Å²) in [5.74, 6) is 2.30. The number of anilines is 1. The molecular formula is C30H28Cl3N5O. The van der Waals surface area contributed by atoms with E-state index in [0.717, 1.165) is 54.0 Å². The molecule has 0 saturated heterocycles. The Bertz CT molecular complexity index is 1520. The smallest absolute Gasteiger partial charge is 0.260 e. The molecule has 9 heteroatoms. The van der Waals surface area contributed by atoms with E-state index in [0.29, 0.717) is 33.0 Å². The fourth-order valence-electron chi connectivity index (χ4n) is 7.61. The minimum absolute atomic E-state index is 0.0432. The molecule has 6 nitrogen and oxygen atoms in total. The lowest BCUT2D eigenvalue weighted by molar-refractivity contribution is -0.00765. The maximum atomic E-state index is 13.9. The van der Waals surface area contributed by atoms with E-state index in [1.165, 1.54) is 19.3 Å². The van der Waals surface area contributed by atoms with Crippen molar-refractivity contribution in [1.29, 1.82) is 0 Å². The standard InChI is InChI=1S/C30H28Cl3N5O/c31-24-7-6-18(11-25(24)32)15-37-17-26(33)28(36-37)34-29(39)23-16-38(22-4-2-1-3-5-22)35-27(23)30-12-19-8-20(13-30)10-21(9-19)14-30/h1-7,11,16-17,19-21H,8-10,12-15H2,(H,34,36,39). The van der Waals surface area contributed by atoms with Gasteiger partial charge in [0, 0.05) is 17.8 Å². The maximum absolute atomic E-state index is 13.9. The van der Waals surface area contributed by atoms with E-state index >= 15 is 0 Å². The third kappa shape index (κ3) is 4.66. The molecule has 0 unspecified atom stereocenters. The maximum Gasteiger partial charge on any atom is 0.260 e. The number of halogens is 3. The zero-order valence-corrected chi connectivity index (χ0v) is 23.6. The van der Waals surface area contributed by atoms with Crippen LogP contribution in [0.15, 0.2) is 60.9 Å². The molecule has 1 amide bonds. The lowest BCUT2D eigenvalue weighted by Crippen LogP contribution is -2.49. The van der Waals surface area contributed by atoms with Gasteiger partial charge in [0.1, 0.15) is 5.02 Å². The van der Waals surface area contributed by atoms with Gasteiger partial charge < -0.3 is 5.32 Å². The van der Waals surface area contributed by atoms with E-state index in [9.17, 15) is 4.79 Å². The quantitative estimate of drug-likeness (QED) is 0.253. The highest BCUT2D eigenvalue weighted by molar-refractivity contribution is 6.42. The van der Waals surface area contributed by atoms with Crippen LogP contribution in [0.2, 0.25) is 15.1 Å². The molecule has 1 N–H and O–H groups in total. The van der Waals surface area contributed by atoms with Crippen LogP contribution >= 0.6 is 34.8 Å². The number of carbonyl (C=O) groups excluding carboxylic acids is 1. The summed E-state index contributed by atoms with van der Waals surface area (Å²) in [4.78, 5) is 13.9. The largest absolute Gasteiger partial charge is 0.304 e. The molecule has 8 rings (SSSR count). The molecule has 0 aliphatic heterocycles. The number of nitrogens with zero attached hydrogens (tertiary/aromatic N) is 4. The van der Waals surface area contributed by atoms with E-state index in [4.69, 9.17) is 39.9 Å². The number of para-hydroxylation sites is 1. The summed E-state index contributed by atoms with van der Waals surface area (Å²) >= 11 is 18.8. The SMILES string of the molecule is O=C(Nc1nn(Cc2ccc(Cl)c(Cl)c2)cc1Cl)c1cn(-c2ccccc2)nc1C12CC3CC(CC(C3)C1)C2. The second kappa shape index (κ2) is 9.69. The first-order valence-electron chi connectivity index (χ1n) is 13.5. The average Bonchev–Trinajstić information content (AvgIpc) is 3.50. The third-order valence-electron chi connectivity index (χ3n) is 8.80. The highest BCUT2D eigenvalue weighted by atomic mass is 35.5. The monoisotopic (exact) mass is 579 g/mol. The van der Waals surface area contributed by atoms with E-state index in [2.05, 4.69) is 10.4 Å². The van der Waals surface area contributed by atoms with Crippen molar-refractivity contribution in [2.75, 3.05) is 5.32 Å². The molecule has 4 bridgehead atoms. The first-order valence-corrected chi connectivity index (χ1v) is 14.6. The normalized spacial score (nSPS) is 25.3. The molecule has 200 valence electrons. The Kier molecular flexibility index (Phi) is 6.25. The number of benzene rings is 2. The van der Waals surface area contributed by atoms with Crippen LogP contribution in [0.1, 0.15) is 60.1 Å². The molecule has 4 aromatic rings. The zero-order chi connectivity index (χ0) is 26.7. The molecule has 2 heterocycles. The van der Waals surface area contributed by atoms with E-state index in [-0.39, 0.29) is 11.3 Å². The highest BCUT2D eigenvalue weighted by Crippen LogP contribution is 2.61. The lowest BCUT2D eigenvalue weighted by Gasteiger charge is -2.56. The van der Waals surface area contributed by atoms with Crippen molar-refractivity contribution in [3.63, 3.8) is 0 Å². The predicted molar refractivity (Wildman–Crippen MR) is 154 cm³/mol. The summed E-state index contributed by atoms with van der Waals surface area (Å²) in [7, 11) is 0. The highest BCUT2D eigenvalue weighted by Gasteiger charge is 2.54. The van der Waals surface area contributed by atoms with Gasteiger partial charge in [-0.1, -0.05) is 59.1 Å². The van der Waals surface area contributed by atoms with Gasteiger partial charge in [-0.2, -0.15) is 10.2 Å². The molecule has 0 atom stereocenters. The molecule has 4 fully saturated rings. The Labute approximate surface area is 242 Å². The number of hydrogen-bond donors (Lipinski definition) is 1. The minimum atomic E-state index is -0.232. The van der Waals surface area contributed by atoms with Crippen LogP contribution in [-0.4, -0.2) is 25.5 Å². The van der Waals surface area contributed by atoms with Gasteiger partial charge in [-0.25, -0.2) is 4.68 Å². The molecule has 0 spiro atoms. The van der Waals surface area contributed by atoms with Crippen LogP contribution in [0, 0.1) is 17.8 Å². The van der Waals surface area contributed by atoms with E-state index in [1.54, 1.807) is 23.0 Å². The summed E-state index contributed by atoms with van der Waals surface area (Å²) in [5.41, 5.74) is 3.35. The summed E-state index contributed by atoms with van der Waals surface area (Å²) < 4.78 is 3.54. The van der Waals surface area contributed by atoms with Crippen molar-refractivity contribution in [3.05, 3.63) is 92.8 Å². The molecule has 0 radical (unpaired) electrons. The van der Waals surface area contributed by atoms with Crippen LogP contribution in [0.5, 0.6) is 0 Å². The molecule has 2 aromatic heterocycles. The summed E-state index contributed by atoms with van der Waals surface area (Å²) in [6.07, 6.45) is 10.9. The zero-order valence-electron chi connectivity index (χ0n) is 21.3. The topological polar surface area (TPSA) is 64.7 Å². The molecule has 4 aliphatic carbocycles. The first-order chi connectivity index (χ1) is 18.8. The van der Waals surface area contributed by atoms with E-state index in [1.807, 2.05) is 47.3 Å². The Morgan fingerprint density at radius 2 is 1.56 bits per heavy atom. The Hall–Kier alpha value is -2.80. The van der Waals surface area contributed by atoms with Crippen molar-refractivity contribution in [1.82, 2.24) is 19.6 Å². The number of hydrogen-bond acceptors (Lipinski definition) is 3. The van der Waals surface area contributed by atoms with Crippen molar-refractivity contribution in [3.8, 4) is 5.69 Å². The summed E-state index contributed by atoms with van der Waals surface area (Å²) in [6.45, 7) is 0.441. The summed E-state index contributed by atoms with van der Waals surface area (Å²) in [5, 5.41) is 14.0. The van der Waals surface area contributed by atoms with Gasteiger partial charge in [0.05, 0.1) is 33.5 Å². The molecule has 2 aromatic carbocycles. The summed E-state index contributed by atoms with van der Waals surface area (Å²) in [6, 6.07) is 15.4.